The van der Waals surface area contributed by atoms with Gasteiger partial charge in [-0.3, -0.25) is 39.0 Å². The fraction of sp³-hybridized carbons (Fsp3) is 0.756. The zero-order valence-electron chi connectivity index (χ0n) is 40.0. The van der Waals surface area contributed by atoms with E-state index in [9.17, 15) is 58.5 Å². The number of ether oxygens (including phenoxy) is 1. The van der Waals surface area contributed by atoms with Crippen LogP contribution < -0.4 is 53.6 Å². The minimum Gasteiger partial charge on any atom is -0.480 e. The molecule has 0 spiro atoms. The zero-order chi connectivity index (χ0) is 51.9. The second-order valence-corrected chi connectivity index (χ2v) is 17.8. The van der Waals surface area contributed by atoms with Gasteiger partial charge in [-0.05, 0) is 64.7 Å². The number of hydrogen-bond acceptors (Lipinski definition) is 15. The Kier molecular flexibility index (Phi) is 27.1. The molecule has 0 unspecified atom stereocenters. The molecule has 67 heavy (non-hydrogen) atoms. The van der Waals surface area contributed by atoms with Crippen LogP contribution in [0.25, 0.3) is 0 Å². The van der Waals surface area contributed by atoms with Gasteiger partial charge >= 0.3 is 12.1 Å². The van der Waals surface area contributed by atoms with Gasteiger partial charge in [0.05, 0.1) is 32.0 Å². The van der Waals surface area contributed by atoms with E-state index in [1.807, 2.05) is 5.32 Å². The van der Waals surface area contributed by atoms with Gasteiger partial charge in [0.1, 0.15) is 47.9 Å². The number of carboxylic acid groups (broad SMARTS) is 1. The lowest BCUT2D eigenvalue weighted by molar-refractivity contribution is -0.143. The molecule has 384 valence electrons. The van der Waals surface area contributed by atoms with Crippen LogP contribution in [0, 0.1) is 23.2 Å². The van der Waals surface area contributed by atoms with Gasteiger partial charge in [-0.1, -0.05) is 48.0 Å². The molecule has 0 rings (SSSR count). The summed E-state index contributed by atoms with van der Waals surface area (Å²) in [5.41, 5.74) is 4.46. The Morgan fingerprint density at radius 1 is 0.642 bits per heavy atom. The first-order chi connectivity index (χ1) is 31.0. The van der Waals surface area contributed by atoms with Crippen molar-refractivity contribution < 1.29 is 73.4 Å². The van der Waals surface area contributed by atoms with E-state index < -0.39 is 145 Å². The molecule has 0 bridgehead atoms. The summed E-state index contributed by atoms with van der Waals surface area (Å²) in [6, 6.07) is -10.8. The van der Waals surface area contributed by atoms with Crippen LogP contribution in [0.2, 0.25) is 0 Å². The van der Waals surface area contributed by atoms with Gasteiger partial charge in [0, 0.05) is 6.54 Å². The largest absolute Gasteiger partial charge is 0.480 e. The van der Waals surface area contributed by atoms with Crippen LogP contribution in [-0.4, -0.2) is 171 Å². The van der Waals surface area contributed by atoms with Crippen molar-refractivity contribution in [1.82, 2.24) is 47.9 Å². The molecule has 0 aromatic rings. The normalized spacial score (nSPS) is 15.9. The van der Waals surface area contributed by atoms with Crippen molar-refractivity contribution in [2.45, 2.75) is 155 Å². The number of nitrogens with two attached hydrogens (primary N) is 1. The highest BCUT2D eigenvalue weighted by atomic mass is 16.6. The van der Waals surface area contributed by atoms with E-state index in [0.29, 0.717) is 0 Å². The van der Waals surface area contributed by atoms with E-state index in [1.165, 1.54) is 0 Å². The number of nitrogens with one attached hydrogen (secondary N) is 10. The topological polar surface area (TPSA) is 422 Å². The number of hydrogen-bond donors (Lipinski definition) is 16. The Bertz CT molecular complexity index is 1690. The SMILES string of the molecule is CC[C@H](C)[C@H](NC(=O)[C@@H](CCCNC(=N)N)NC(=O)[C@H](CC(C)C)NC(=O)[C@@H](NC(=O)OC(C)(C)C)[C@H](O)C(C)C)C(=O)N[C@H](C(=O)NCC(=O)N[C@@H](CO)C(=O)N[C@@H](CO)C(=O)O)[C@H](C)O. The first-order valence-electron chi connectivity index (χ1n) is 22.0. The second-order valence-electron chi connectivity index (χ2n) is 17.8. The van der Waals surface area contributed by atoms with Crippen molar-refractivity contribution in [3.8, 4) is 0 Å². The number of carboxylic acids is 1. The van der Waals surface area contributed by atoms with Crippen molar-refractivity contribution >= 4 is 59.4 Å². The number of amides is 8. The van der Waals surface area contributed by atoms with Gasteiger partial charge in [-0.25, -0.2) is 9.59 Å². The maximum absolute atomic E-state index is 14.1. The number of rotatable bonds is 29. The third-order valence-electron chi connectivity index (χ3n) is 9.85. The highest BCUT2D eigenvalue weighted by molar-refractivity contribution is 5.97. The maximum atomic E-state index is 14.1. The molecule has 0 aromatic carbocycles. The minimum absolute atomic E-state index is 0.0340. The predicted molar refractivity (Wildman–Crippen MR) is 240 cm³/mol. The van der Waals surface area contributed by atoms with E-state index in [0.717, 1.165) is 6.92 Å². The van der Waals surface area contributed by atoms with Gasteiger partial charge in [0.2, 0.25) is 41.4 Å². The van der Waals surface area contributed by atoms with Gasteiger partial charge < -0.3 is 83.9 Å². The van der Waals surface area contributed by atoms with Crippen LogP contribution >= 0.6 is 0 Å². The first kappa shape index (κ1) is 61.1. The van der Waals surface area contributed by atoms with Crippen molar-refractivity contribution in [2.24, 2.45) is 23.5 Å². The predicted octanol–water partition coefficient (Wildman–Crippen LogP) is -4.27. The van der Waals surface area contributed by atoms with Crippen LogP contribution in [0.3, 0.4) is 0 Å². The van der Waals surface area contributed by atoms with Gasteiger partial charge in [-0.15, -0.1) is 0 Å². The summed E-state index contributed by atoms with van der Waals surface area (Å²) in [6.07, 6.45) is -3.61. The molecule has 17 N–H and O–H groups in total. The standard InChI is InChI=1S/C41H75N11O15/c1-11-21(6)28(36(62)51-29(22(7)55)35(61)45-16-27(56)46-25(17-53)34(60)49-26(18-54)38(64)65)50-32(58)23(13-12-14-44-39(42)43)47-33(59)24(15-19(2)3)48-37(63)30(31(57)20(4)5)52-40(66)67-41(8,9)10/h19-26,28-31,53-55,57H,11-18H2,1-10H3,(H,45,61)(H,46,56)(H,47,59)(H,48,63)(H,49,60)(H,50,58)(H,51,62)(H,52,66)(H,64,65)(H4,42,43,44)/t21-,22-,23+,24-,25-,26-,28-,29-,30-,31+/m0/s1. The highest BCUT2D eigenvalue weighted by Gasteiger charge is 2.38. The van der Waals surface area contributed by atoms with Crippen molar-refractivity contribution in [2.75, 3.05) is 26.3 Å². The number of carbonyl (C=O) groups is 9. The Balaban J connectivity index is 6.43. The Morgan fingerprint density at radius 3 is 1.63 bits per heavy atom. The Labute approximate surface area is 390 Å². The van der Waals surface area contributed by atoms with E-state index in [4.69, 9.17) is 26.1 Å². The third kappa shape index (κ3) is 23.4. The molecule has 26 heteroatoms. The summed E-state index contributed by atoms with van der Waals surface area (Å²) >= 11 is 0. The number of guanidine groups is 1. The van der Waals surface area contributed by atoms with Gasteiger partial charge in [0.15, 0.2) is 5.96 Å². The van der Waals surface area contributed by atoms with Crippen LogP contribution in [0.5, 0.6) is 0 Å². The first-order valence-corrected chi connectivity index (χ1v) is 22.0. The molecule has 26 nitrogen and oxygen atoms in total. The summed E-state index contributed by atoms with van der Waals surface area (Å²) in [7, 11) is 0. The van der Waals surface area contributed by atoms with Crippen molar-refractivity contribution in [3.05, 3.63) is 0 Å². The lowest BCUT2D eigenvalue weighted by Gasteiger charge is -2.31. The lowest BCUT2D eigenvalue weighted by Crippen LogP contribution is -2.62. The molecule has 0 aromatic heterocycles. The summed E-state index contributed by atoms with van der Waals surface area (Å²) in [4.78, 5) is 118. The average molecular weight is 962 g/mol. The fourth-order valence-corrected chi connectivity index (χ4v) is 5.94. The smallest absolute Gasteiger partial charge is 0.408 e. The van der Waals surface area contributed by atoms with Crippen molar-refractivity contribution in [3.63, 3.8) is 0 Å². The van der Waals surface area contributed by atoms with Gasteiger partial charge in [0.25, 0.3) is 0 Å². The summed E-state index contributed by atoms with van der Waals surface area (Å²) < 4.78 is 5.28. The molecule has 0 fully saturated rings. The minimum atomic E-state index is -1.74. The fourth-order valence-electron chi connectivity index (χ4n) is 5.94. The Morgan fingerprint density at radius 2 is 1.15 bits per heavy atom. The zero-order valence-corrected chi connectivity index (χ0v) is 40.0. The second kappa shape index (κ2) is 29.7. The molecule has 8 amide bonds. The summed E-state index contributed by atoms with van der Waals surface area (Å²) in [6.45, 7) is 13.3. The van der Waals surface area contributed by atoms with E-state index in [-0.39, 0.29) is 44.1 Å². The third-order valence-corrected chi connectivity index (χ3v) is 9.85. The van der Waals surface area contributed by atoms with Gasteiger partial charge in [-0.2, -0.15) is 0 Å². The Hall–Kier alpha value is -5.86. The number of aliphatic hydroxyl groups excluding tert-OH is 4. The molecule has 0 aliphatic rings. The molecule has 0 aliphatic heterocycles. The lowest BCUT2D eigenvalue weighted by atomic mass is 9.96. The number of aliphatic carboxylic acids is 1. The number of carbonyl (C=O) groups excluding carboxylic acids is 8. The monoisotopic (exact) mass is 962 g/mol. The van der Waals surface area contributed by atoms with Crippen LogP contribution in [0.1, 0.15) is 94.9 Å². The van der Waals surface area contributed by atoms with E-state index in [1.54, 1.807) is 62.3 Å². The summed E-state index contributed by atoms with van der Waals surface area (Å²) in [5, 5.41) is 77.9. The van der Waals surface area contributed by atoms with E-state index in [2.05, 4.69) is 42.5 Å². The molecule has 0 heterocycles. The van der Waals surface area contributed by atoms with Crippen LogP contribution in [-0.2, 0) is 43.1 Å². The van der Waals surface area contributed by atoms with Crippen LogP contribution in [0.4, 0.5) is 4.79 Å². The molecule has 0 radical (unpaired) electrons. The summed E-state index contributed by atoms with van der Waals surface area (Å²) in [5.74, 6) is -10.2. The number of aliphatic hydroxyl groups is 4. The molecular weight excluding hydrogens is 887 g/mol. The molecular formula is C41H75N11O15. The molecule has 0 aliphatic carbocycles. The van der Waals surface area contributed by atoms with E-state index >= 15 is 0 Å². The quantitative estimate of drug-likeness (QED) is 0.0192. The number of alkyl carbamates (subject to hydrolysis) is 1. The molecule has 0 saturated heterocycles. The maximum Gasteiger partial charge on any atom is 0.408 e. The molecule has 10 atom stereocenters. The van der Waals surface area contributed by atoms with Crippen LogP contribution in [0.15, 0.2) is 0 Å². The molecule has 0 saturated carbocycles. The average Bonchev–Trinajstić information content (AvgIpc) is 3.22. The van der Waals surface area contributed by atoms with Crippen molar-refractivity contribution in [1.29, 1.82) is 5.41 Å². The highest BCUT2D eigenvalue weighted by Crippen LogP contribution is 2.14.